The molecule has 0 aliphatic heterocycles. The summed E-state index contributed by atoms with van der Waals surface area (Å²) < 4.78 is 15.7. The highest BCUT2D eigenvalue weighted by atomic mass is 16.6. The van der Waals surface area contributed by atoms with E-state index in [2.05, 4.69) is 4.98 Å². The minimum atomic E-state index is -0.784. The van der Waals surface area contributed by atoms with E-state index in [0.717, 1.165) is 5.56 Å². The summed E-state index contributed by atoms with van der Waals surface area (Å²) >= 11 is 0. The number of oxazole rings is 1. The van der Waals surface area contributed by atoms with Gasteiger partial charge in [-0.05, 0) is 36.8 Å². The molecule has 2 aromatic carbocycles. The second kappa shape index (κ2) is 7.69. The van der Waals surface area contributed by atoms with Crippen molar-refractivity contribution in [2.75, 3.05) is 7.11 Å². The average Bonchev–Trinajstić information content (AvgIpc) is 3.15. The van der Waals surface area contributed by atoms with Gasteiger partial charge in [0.25, 0.3) is 5.69 Å². The largest absolute Gasteiger partial charge is 0.497 e. The zero-order valence-corrected chi connectivity index (χ0v) is 14.7. The number of nitro benzene ring substituents is 1. The molecule has 0 unspecified atom stereocenters. The Kier molecular flexibility index (Phi) is 5.16. The lowest BCUT2D eigenvalue weighted by Gasteiger charge is -2.06. The van der Waals surface area contributed by atoms with Gasteiger partial charge in [-0.3, -0.25) is 10.1 Å². The Balaban J connectivity index is 1.72. The molecule has 1 aromatic heterocycles. The van der Waals surface area contributed by atoms with Gasteiger partial charge in [-0.2, -0.15) is 0 Å². The molecular weight excluding hydrogens is 352 g/mol. The van der Waals surface area contributed by atoms with Crippen LogP contribution >= 0.6 is 0 Å². The summed E-state index contributed by atoms with van der Waals surface area (Å²) in [5, 5.41) is 11.1. The first-order valence-electron chi connectivity index (χ1n) is 7.99. The lowest BCUT2D eigenvalue weighted by Crippen LogP contribution is -2.10. The maximum atomic E-state index is 12.3. The molecule has 0 aliphatic carbocycles. The number of nitrogens with zero attached hydrogens (tertiary/aromatic N) is 2. The van der Waals surface area contributed by atoms with E-state index in [4.69, 9.17) is 13.9 Å². The number of methoxy groups -OCH3 is 1. The van der Waals surface area contributed by atoms with Crippen LogP contribution < -0.4 is 4.74 Å². The van der Waals surface area contributed by atoms with Crippen LogP contribution in [0.4, 0.5) is 5.69 Å². The second-order valence-corrected chi connectivity index (χ2v) is 5.67. The van der Waals surface area contributed by atoms with Crippen molar-refractivity contribution in [1.29, 1.82) is 0 Å². The maximum Gasteiger partial charge on any atom is 0.345 e. The van der Waals surface area contributed by atoms with E-state index >= 15 is 0 Å². The fraction of sp³-hybridized carbons (Fsp3) is 0.158. The molecule has 3 aromatic rings. The van der Waals surface area contributed by atoms with E-state index in [1.807, 2.05) is 0 Å². The third kappa shape index (κ3) is 3.95. The van der Waals surface area contributed by atoms with E-state index in [0.29, 0.717) is 22.9 Å². The summed E-state index contributed by atoms with van der Waals surface area (Å²) in [7, 11) is 1.57. The van der Waals surface area contributed by atoms with Gasteiger partial charge >= 0.3 is 5.97 Å². The highest BCUT2D eigenvalue weighted by Crippen LogP contribution is 2.24. The average molecular weight is 368 g/mol. The van der Waals surface area contributed by atoms with Gasteiger partial charge in [0.15, 0.2) is 0 Å². The zero-order valence-electron chi connectivity index (χ0n) is 14.7. The molecule has 0 bridgehead atoms. The van der Waals surface area contributed by atoms with E-state index < -0.39 is 10.9 Å². The summed E-state index contributed by atoms with van der Waals surface area (Å²) in [4.78, 5) is 27.1. The monoisotopic (exact) mass is 368 g/mol. The van der Waals surface area contributed by atoms with Crippen molar-refractivity contribution in [3.05, 3.63) is 75.7 Å². The fourth-order valence-electron chi connectivity index (χ4n) is 2.52. The smallest absolute Gasteiger partial charge is 0.345 e. The first-order chi connectivity index (χ1) is 13.0. The molecule has 0 fully saturated rings. The van der Waals surface area contributed by atoms with E-state index in [1.54, 1.807) is 44.4 Å². The van der Waals surface area contributed by atoms with Crippen molar-refractivity contribution in [1.82, 2.24) is 4.98 Å². The topological polar surface area (TPSA) is 105 Å². The third-order valence-corrected chi connectivity index (χ3v) is 3.89. The van der Waals surface area contributed by atoms with Gasteiger partial charge in [0, 0.05) is 11.6 Å². The van der Waals surface area contributed by atoms with Crippen LogP contribution in [0.3, 0.4) is 0 Å². The molecule has 0 atom stereocenters. The molecule has 0 saturated carbocycles. The Hall–Kier alpha value is -3.68. The van der Waals surface area contributed by atoms with Crippen LogP contribution in [0.25, 0.3) is 11.5 Å². The normalized spacial score (nSPS) is 10.4. The number of aromatic nitrogens is 1. The predicted molar refractivity (Wildman–Crippen MR) is 95.4 cm³/mol. The Morgan fingerprint density at radius 2 is 1.96 bits per heavy atom. The molecule has 8 nitrogen and oxygen atoms in total. The van der Waals surface area contributed by atoms with Crippen LogP contribution in [0.2, 0.25) is 0 Å². The summed E-state index contributed by atoms with van der Waals surface area (Å²) in [6.07, 6.45) is 1.37. The summed E-state index contributed by atoms with van der Waals surface area (Å²) in [5.41, 5.74) is 1.24. The predicted octanol–water partition coefficient (Wildman–Crippen LogP) is 3.92. The number of aryl methyl sites for hydroxylation is 1. The molecule has 0 amide bonds. The number of rotatable bonds is 6. The summed E-state index contributed by atoms with van der Waals surface area (Å²) in [5.74, 6) is 0.290. The lowest BCUT2D eigenvalue weighted by molar-refractivity contribution is -0.385. The van der Waals surface area contributed by atoms with Gasteiger partial charge in [-0.1, -0.05) is 12.1 Å². The maximum absolute atomic E-state index is 12.3. The first kappa shape index (κ1) is 18.1. The molecule has 0 radical (unpaired) electrons. The molecule has 0 N–H and O–H groups in total. The Morgan fingerprint density at radius 3 is 2.63 bits per heavy atom. The van der Waals surface area contributed by atoms with Crippen LogP contribution in [0.1, 0.15) is 21.6 Å². The molecule has 0 spiro atoms. The quantitative estimate of drug-likeness (QED) is 0.369. The van der Waals surface area contributed by atoms with E-state index in [1.165, 1.54) is 18.4 Å². The van der Waals surface area contributed by atoms with Gasteiger partial charge in [0.05, 0.1) is 12.0 Å². The van der Waals surface area contributed by atoms with Crippen molar-refractivity contribution in [2.45, 2.75) is 13.5 Å². The van der Waals surface area contributed by atoms with E-state index in [9.17, 15) is 14.9 Å². The third-order valence-electron chi connectivity index (χ3n) is 3.89. The Bertz CT molecular complexity index is 978. The van der Waals surface area contributed by atoms with Crippen molar-refractivity contribution in [2.24, 2.45) is 0 Å². The molecule has 3 rings (SSSR count). The van der Waals surface area contributed by atoms with Gasteiger partial charge in [-0.25, -0.2) is 9.78 Å². The number of carbonyl (C=O) groups is 1. The number of nitro groups is 1. The van der Waals surface area contributed by atoms with Crippen LogP contribution in [0.15, 0.2) is 53.1 Å². The SMILES string of the molecule is COc1ccc(-c2nc(COC(=O)c3c(C)cccc3[N+](=O)[O-])co2)cc1. The number of carbonyl (C=O) groups excluding carboxylic acids is 1. The number of ether oxygens (including phenoxy) is 2. The van der Waals surface area contributed by atoms with Crippen LogP contribution in [0.5, 0.6) is 5.75 Å². The summed E-state index contributed by atoms with van der Waals surface area (Å²) in [6.45, 7) is 1.45. The van der Waals surface area contributed by atoms with Crippen LogP contribution in [-0.4, -0.2) is 23.0 Å². The number of esters is 1. The molecule has 138 valence electrons. The Morgan fingerprint density at radius 1 is 1.22 bits per heavy atom. The van der Waals surface area contributed by atoms with Gasteiger partial charge in [0.2, 0.25) is 5.89 Å². The van der Waals surface area contributed by atoms with Gasteiger partial charge in [-0.15, -0.1) is 0 Å². The van der Waals surface area contributed by atoms with Crippen LogP contribution in [0, 0.1) is 17.0 Å². The van der Waals surface area contributed by atoms with Gasteiger partial charge in [0.1, 0.15) is 29.9 Å². The molecule has 27 heavy (non-hydrogen) atoms. The number of hydrogen-bond acceptors (Lipinski definition) is 7. The highest BCUT2D eigenvalue weighted by Gasteiger charge is 2.23. The molecular formula is C19H16N2O6. The minimum absolute atomic E-state index is 0.0682. The van der Waals surface area contributed by atoms with Crippen molar-refractivity contribution >= 4 is 11.7 Å². The van der Waals surface area contributed by atoms with Gasteiger partial charge < -0.3 is 13.9 Å². The van der Waals surface area contributed by atoms with Crippen LogP contribution in [-0.2, 0) is 11.3 Å². The standard InChI is InChI=1S/C19H16N2O6/c1-12-4-3-5-16(21(23)24)17(12)19(22)27-11-14-10-26-18(20-14)13-6-8-15(25-2)9-7-13/h3-10H,11H2,1-2H3. The highest BCUT2D eigenvalue weighted by molar-refractivity contribution is 5.95. The van der Waals surface area contributed by atoms with Crippen molar-refractivity contribution < 1.29 is 23.6 Å². The van der Waals surface area contributed by atoms with E-state index in [-0.39, 0.29) is 17.9 Å². The summed E-state index contributed by atoms with van der Waals surface area (Å²) in [6, 6.07) is 11.5. The first-order valence-corrected chi connectivity index (χ1v) is 7.99. The molecule has 8 heteroatoms. The fourth-order valence-corrected chi connectivity index (χ4v) is 2.52. The number of hydrogen-bond donors (Lipinski definition) is 0. The Labute approximate surface area is 154 Å². The lowest BCUT2D eigenvalue weighted by atomic mass is 10.1. The molecule has 0 aliphatic rings. The molecule has 1 heterocycles. The second-order valence-electron chi connectivity index (χ2n) is 5.67. The number of benzene rings is 2. The zero-order chi connectivity index (χ0) is 19.4. The van der Waals surface area contributed by atoms with Crippen molar-refractivity contribution in [3.8, 4) is 17.2 Å². The minimum Gasteiger partial charge on any atom is -0.497 e. The van der Waals surface area contributed by atoms with Crippen molar-refractivity contribution in [3.63, 3.8) is 0 Å². The molecule has 0 saturated heterocycles.